The Bertz CT molecular complexity index is 355. The van der Waals surface area contributed by atoms with E-state index < -0.39 is 0 Å². The maximum atomic E-state index is 3.74. The third-order valence-corrected chi connectivity index (χ3v) is 4.45. The normalized spacial score (nSPS) is 38.3. The second kappa shape index (κ2) is 3.89. The second-order valence-corrected chi connectivity index (χ2v) is 5.71. The topological polar surface area (TPSA) is 12.0 Å². The largest absolute Gasteiger partial charge is 0.311 e. The summed E-state index contributed by atoms with van der Waals surface area (Å²) in [6.07, 6.45) is 6.81. The molecule has 1 aromatic carbocycles. The number of hydrogen-bond acceptors (Lipinski definition) is 1. The zero-order chi connectivity index (χ0) is 11.0. The molecule has 3 atom stereocenters. The fourth-order valence-corrected chi connectivity index (χ4v) is 3.91. The minimum absolute atomic E-state index is 0.481. The quantitative estimate of drug-likeness (QED) is 0.758. The smallest absolute Gasteiger partial charge is 0.00780 e. The van der Waals surface area contributed by atoms with Crippen LogP contribution in [-0.2, 0) is 5.41 Å². The van der Waals surface area contributed by atoms with Crippen LogP contribution in [0, 0.1) is 0 Å². The van der Waals surface area contributed by atoms with Gasteiger partial charge in [-0.3, -0.25) is 0 Å². The number of fused-ring (bicyclic) bond motifs is 2. The van der Waals surface area contributed by atoms with Gasteiger partial charge in [-0.2, -0.15) is 0 Å². The third-order valence-electron chi connectivity index (χ3n) is 4.45. The van der Waals surface area contributed by atoms with E-state index in [-0.39, 0.29) is 0 Å². The van der Waals surface area contributed by atoms with Crippen molar-refractivity contribution in [2.24, 2.45) is 0 Å². The molecule has 2 fully saturated rings. The number of nitrogens with one attached hydrogen (secondary N) is 1. The predicted molar refractivity (Wildman–Crippen MR) is 67.6 cm³/mol. The van der Waals surface area contributed by atoms with E-state index in [0.717, 1.165) is 6.04 Å². The van der Waals surface area contributed by atoms with Gasteiger partial charge in [-0.15, -0.1) is 0 Å². The molecular formula is C15H21N. The van der Waals surface area contributed by atoms with Crippen LogP contribution in [-0.4, -0.2) is 12.1 Å². The SMILES string of the molecule is CC1CC2(c3ccccc3)CCCC(C2)N1. The van der Waals surface area contributed by atoms with Crippen LogP contribution in [0.25, 0.3) is 0 Å². The van der Waals surface area contributed by atoms with Crippen LogP contribution in [0.3, 0.4) is 0 Å². The van der Waals surface area contributed by atoms with Gasteiger partial charge < -0.3 is 5.32 Å². The first kappa shape index (κ1) is 10.3. The monoisotopic (exact) mass is 215 g/mol. The van der Waals surface area contributed by atoms with E-state index in [2.05, 4.69) is 42.6 Å². The van der Waals surface area contributed by atoms with Crippen molar-refractivity contribution in [3.8, 4) is 0 Å². The molecular weight excluding hydrogens is 194 g/mol. The van der Waals surface area contributed by atoms with E-state index in [1.807, 2.05) is 0 Å². The summed E-state index contributed by atoms with van der Waals surface area (Å²) < 4.78 is 0. The minimum Gasteiger partial charge on any atom is -0.311 e. The van der Waals surface area contributed by atoms with Crippen LogP contribution in [0.2, 0.25) is 0 Å². The average molecular weight is 215 g/mol. The lowest BCUT2D eigenvalue weighted by atomic mass is 9.62. The molecule has 1 nitrogen and oxygen atoms in total. The van der Waals surface area contributed by atoms with Gasteiger partial charge in [-0.1, -0.05) is 36.8 Å². The van der Waals surface area contributed by atoms with E-state index in [0.29, 0.717) is 11.5 Å². The van der Waals surface area contributed by atoms with Crippen molar-refractivity contribution in [1.29, 1.82) is 0 Å². The number of benzene rings is 1. The fourth-order valence-electron chi connectivity index (χ4n) is 3.91. The summed E-state index contributed by atoms with van der Waals surface area (Å²) in [5.74, 6) is 0. The molecule has 1 saturated heterocycles. The Morgan fingerprint density at radius 1 is 1.19 bits per heavy atom. The molecule has 1 aromatic rings. The molecule has 2 bridgehead atoms. The number of rotatable bonds is 1. The van der Waals surface area contributed by atoms with E-state index in [1.165, 1.54) is 32.1 Å². The Morgan fingerprint density at radius 2 is 2.00 bits per heavy atom. The predicted octanol–water partition coefficient (Wildman–Crippen LogP) is 3.25. The lowest BCUT2D eigenvalue weighted by Crippen LogP contribution is -2.53. The molecule has 86 valence electrons. The lowest BCUT2D eigenvalue weighted by Gasteiger charge is -2.49. The van der Waals surface area contributed by atoms with Gasteiger partial charge >= 0.3 is 0 Å². The van der Waals surface area contributed by atoms with E-state index in [9.17, 15) is 0 Å². The molecule has 1 aliphatic carbocycles. The van der Waals surface area contributed by atoms with Crippen LogP contribution in [0.5, 0.6) is 0 Å². The third kappa shape index (κ3) is 1.67. The van der Waals surface area contributed by atoms with Gasteiger partial charge in [0.05, 0.1) is 0 Å². The number of hydrogen-bond donors (Lipinski definition) is 1. The highest BCUT2D eigenvalue weighted by atomic mass is 15.0. The van der Waals surface area contributed by atoms with Gasteiger partial charge in [0.15, 0.2) is 0 Å². The van der Waals surface area contributed by atoms with Crippen LogP contribution in [0.1, 0.15) is 44.6 Å². The van der Waals surface area contributed by atoms with E-state index >= 15 is 0 Å². The van der Waals surface area contributed by atoms with Crippen molar-refractivity contribution in [3.63, 3.8) is 0 Å². The maximum Gasteiger partial charge on any atom is 0.00780 e. The Morgan fingerprint density at radius 3 is 2.81 bits per heavy atom. The minimum atomic E-state index is 0.481. The summed E-state index contributed by atoms with van der Waals surface area (Å²) in [6, 6.07) is 12.6. The van der Waals surface area contributed by atoms with Crippen LogP contribution >= 0.6 is 0 Å². The molecule has 0 aromatic heterocycles. The highest BCUT2D eigenvalue weighted by Gasteiger charge is 2.42. The molecule has 1 heteroatoms. The Kier molecular flexibility index (Phi) is 2.51. The molecule has 0 spiro atoms. The molecule has 2 aliphatic rings. The highest BCUT2D eigenvalue weighted by Crippen LogP contribution is 2.45. The molecule has 3 rings (SSSR count). The van der Waals surface area contributed by atoms with Gasteiger partial charge in [0.2, 0.25) is 0 Å². The maximum absolute atomic E-state index is 3.74. The summed E-state index contributed by atoms with van der Waals surface area (Å²) in [5, 5.41) is 3.74. The Hall–Kier alpha value is -0.820. The standard InChI is InChI=1S/C15H21N/c1-12-10-15(13-6-3-2-4-7-13)9-5-8-14(11-15)16-12/h2-4,6-7,12,14,16H,5,8-11H2,1H3. The van der Waals surface area contributed by atoms with Crippen molar-refractivity contribution in [3.05, 3.63) is 35.9 Å². The van der Waals surface area contributed by atoms with Crippen LogP contribution in [0.15, 0.2) is 30.3 Å². The fraction of sp³-hybridized carbons (Fsp3) is 0.600. The van der Waals surface area contributed by atoms with Gasteiger partial charge in [-0.25, -0.2) is 0 Å². The molecule has 1 aliphatic heterocycles. The number of piperidine rings is 1. The van der Waals surface area contributed by atoms with Crippen molar-refractivity contribution in [1.82, 2.24) is 5.32 Å². The Labute approximate surface area is 98.3 Å². The molecule has 1 N–H and O–H groups in total. The van der Waals surface area contributed by atoms with Crippen molar-refractivity contribution >= 4 is 0 Å². The highest BCUT2D eigenvalue weighted by molar-refractivity contribution is 5.28. The van der Waals surface area contributed by atoms with Gasteiger partial charge in [0.1, 0.15) is 0 Å². The zero-order valence-electron chi connectivity index (χ0n) is 10.1. The lowest BCUT2D eigenvalue weighted by molar-refractivity contribution is 0.148. The van der Waals surface area contributed by atoms with Crippen LogP contribution < -0.4 is 5.32 Å². The zero-order valence-corrected chi connectivity index (χ0v) is 10.1. The first-order valence-corrected chi connectivity index (χ1v) is 6.60. The molecule has 1 heterocycles. The molecule has 0 amide bonds. The van der Waals surface area contributed by atoms with Crippen molar-refractivity contribution in [2.75, 3.05) is 0 Å². The summed E-state index contributed by atoms with van der Waals surface area (Å²) in [4.78, 5) is 0. The molecule has 0 radical (unpaired) electrons. The van der Waals surface area contributed by atoms with Gasteiger partial charge in [-0.05, 0) is 43.6 Å². The van der Waals surface area contributed by atoms with Gasteiger partial charge in [0.25, 0.3) is 0 Å². The average Bonchev–Trinajstić information content (AvgIpc) is 2.29. The van der Waals surface area contributed by atoms with Gasteiger partial charge in [0, 0.05) is 12.1 Å². The summed E-state index contributed by atoms with van der Waals surface area (Å²) in [6.45, 7) is 2.34. The molecule has 1 saturated carbocycles. The summed E-state index contributed by atoms with van der Waals surface area (Å²) in [7, 11) is 0. The van der Waals surface area contributed by atoms with Crippen molar-refractivity contribution in [2.45, 2.75) is 56.5 Å². The summed E-state index contributed by atoms with van der Waals surface area (Å²) >= 11 is 0. The van der Waals surface area contributed by atoms with E-state index in [1.54, 1.807) is 5.56 Å². The van der Waals surface area contributed by atoms with Crippen molar-refractivity contribution < 1.29 is 0 Å². The first-order valence-electron chi connectivity index (χ1n) is 6.60. The first-order chi connectivity index (χ1) is 7.78. The summed E-state index contributed by atoms with van der Waals surface area (Å²) in [5.41, 5.74) is 2.06. The Balaban J connectivity index is 1.96. The van der Waals surface area contributed by atoms with E-state index in [4.69, 9.17) is 0 Å². The molecule has 16 heavy (non-hydrogen) atoms. The molecule has 3 unspecified atom stereocenters. The van der Waals surface area contributed by atoms with Crippen LogP contribution in [0.4, 0.5) is 0 Å². The second-order valence-electron chi connectivity index (χ2n) is 5.71.